The second kappa shape index (κ2) is 11.3. The molecule has 2 aromatic carbocycles. The van der Waals surface area contributed by atoms with Crippen LogP contribution in [0.4, 0.5) is 21.0 Å². The second-order valence-corrected chi connectivity index (χ2v) is 6.47. The maximum Gasteiger partial charge on any atom is 0.319 e. The molecule has 0 aliphatic heterocycles. The van der Waals surface area contributed by atoms with E-state index < -0.39 is 0 Å². The van der Waals surface area contributed by atoms with Crippen LogP contribution in [0.3, 0.4) is 0 Å². The van der Waals surface area contributed by atoms with Crippen LogP contribution in [0, 0.1) is 0 Å². The average Bonchev–Trinajstić information content (AvgIpc) is 2.65. The molecule has 0 spiro atoms. The van der Waals surface area contributed by atoms with Crippen LogP contribution in [-0.4, -0.2) is 36.9 Å². The monoisotopic (exact) mass is 408 g/mol. The van der Waals surface area contributed by atoms with Gasteiger partial charge in [0.25, 0.3) is 0 Å². The number of amides is 4. The van der Waals surface area contributed by atoms with Gasteiger partial charge >= 0.3 is 12.1 Å². The van der Waals surface area contributed by atoms with Gasteiger partial charge in [0.05, 0.1) is 0 Å². The Morgan fingerprint density at radius 2 is 1.19 bits per heavy atom. The molecule has 27 heavy (non-hydrogen) atoms. The van der Waals surface area contributed by atoms with Crippen LogP contribution in [-0.2, 0) is 6.42 Å². The highest BCUT2D eigenvalue weighted by atomic mass is 35.5. The summed E-state index contributed by atoms with van der Waals surface area (Å²) in [7, 11) is 0. The number of halogens is 2. The highest BCUT2D eigenvalue weighted by Gasteiger charge is 2.05. The van der Waals surface area contributed by atoms with E-state index in [-0.39, 0.29) is 12.1 Å². The van der Waals surface area contributed by atoms with Gasteiger partial charge in [-0.1, -0.05) is 24.3 Å². The lowest BCUT2D eigenvalue weighted by Gasteiger charge is -2.10. The first-order valence-corrected chi connectivity index (χ1v) is 9.57. The van der Waals surface area contributed by atoms with Crippen molar-refractivity contribution in [1.82, 2.24) is 10.6 Å². The molecular weight excluding hydrogens is 387 g/mol. The van der Waals surface area contributed by atoms with Crippen molar-refractivity contribution in [3.8, 4) is 0 Å². The van der Waals surface area contributed by atoms with Crippen LogP contribution in [0.25, 0.3) is 0 Å². The number of hydrogen-bond donors (Lipinski definition) is 4. The summed E-state index contributed by atoms with van der Waals surface area (Å²) < 4.78 is 0. The van der Waals surface area contributed by atoms with Gasteiger partial charge in [-0.05, 0) is 41.8 Å². The molecule has 0 aliphatic carbocycles. The van der Waals surface area contributed by atoms with Crippen LogP contribution in [0.15, 0.2) is 48.5 Å². The fourth-order valence-corrected chi connectivity index (χ4v) is 2.61. The summed E-state index contributed by atoms with van der Waals surface area (Å²) in [6.45, 7) is 0.816. The molecule has 0 saturated carbocycles. The van der Waals surface area contributed by atoms with Gasteiger partial charge in [0.15, 0.2) is 0 Å². The maximum absolute atomic E-state index is 11.7. The number of rotatable bonds is 8. The first kappa shape index (κ1) is 20.9. The topological polar surface area (TPSA) is 82.3 Å². The summed E-state index contributed by atoms with van der Waals surface area (Å²) in [6, 6.07) is 14.6. The lowest BCUT2D eigenvalue weighted by molar-refractivity contribution is 0.252. The molecule has 0 saturated heterocycles. The summed E-state index contributed by atoms with van der Waals surface area (Å²) >= 11 is 11.1. The van der Waals surface area contributed by atoms with E-state index in [1.54, 1.807) is 0 Å². The number of anilines is 2. The molecule has 0 aromatic heterocycles. The molecule has 0 heterocycles. The number of carbonyl (C=O) groups excluding carboxylic acids is 2. The Kier molecular flexibility index (Phi) is 8.74. The highest BCUT2D eigenvalue weighted by Crippen LogP contribution is 2.17. The second-order valence-electron chi connectivity index (χ2n) is 5.72. The van der Waals surface area contributed by atoms with Crippen molar-refractivity contribution >= 4 is 46.6 Å². The quantitative estimate of drug-likeness (QED) is 0.497. The summed E-state index contributed by atoms with van der Waals surface area (Å²) in [4.78, 5) is 23.5. The van der Waals surface area contributed by atoms with Crippen LogP contribution in [0.1, 0.15) is 11.1 Å². The summed E-state index contributed by atoms with van der Waals surface area (Å²) in [5, 5.41) is 10.9. The standard InChI is InChI=1S/C19H22Cl2N4O2/c20-7-9-22-18(26)24-16-5-1-3-14(12-16)11-15-4-2-6-17(13-15)25-19(27)23-10-8-21/h1-6,12-13H,7-11H2,(H2,22,24,26)(H2,23,25,27). The minimum atomic E-state index is -0.290. The zero-order chi connectivity index (χ0) is 19.5. The van der Waals surface area contributed by atoms with Crippen molar-refractivity contribution in [2.45, 2.75) is 6.42 Å². The fraction of sp³-hybridized carbons (Fsp3) is 0.263. The van der Waals surface area contributed by atoms with E-state index in [4.69, 9.17) is 23.2 Å². The van der Waals surface area contributed by atoms with Gasteiger partial charge in [0, 0.05) is 36.2 Å². The van der Waals surface area contributed by atoms with Crippen LogP contribution >= 0.6 is 23.2 Å². The fourth-order valence-electron chi connectivity index (χ4n) is 2.43. The van der Waals surface area contributed by atoms with Crippen molar-refractivity contribution in [3.05, 3.63) is 59.7 Å². The zero-order valence-corrected chi connectivity index (χ0v) is 16.2. The van der Waals surface area contributed by atoms with E-state index in [1.807, 2.05) is 48.5 Å². The summed E-state index contributed by atoms with van der Waals surface area (Å²) in [5.74, 6) is 0.726. The Bertz CT molecular complexity index is 707. The van der Waals surface area contributed by atoms with Gasteiger partial charge in [-0.15, -0.1) is 23.2 Å². The SMILES string of the molecule is O=C(NCCCl)Nc1cccc(Cc2cccc(NC(=O)NCCCl)c2)c1. The molecule has 2 rings (SSSR count). The minimum absolute atomic E-state index is 0.290. The number of hydrogen-bond acceptors (Lipinski definition) is 2. The normalized spacial score (nSPS) is 10.1. The predicted molar refractivity (Wildman–Crippen MR) is 111 cm³/mol. The van der Waals surface area contributed by atoms with Gasteiger partial charge < -0.3 is 21.3 Å². The van der Waals surface area contributed by atoms with E-state index in [1.165, 1.54) is 0 Å². The number of alkyl halides is 2. The van der Waals surface area contributed by atoms with Crippen LogP contribution in [0.5, 0.6) is 0 Å². The lowest BCUT2D eigenvalue weighted by atomic mass is 10.0. The molecule has 0 fully saturated rings. The predicted octanol–water partition coefficient (Wildman–Crippen LogP) is 4.00. The molecular formula is C19H22Cl2N4O2. The van der Waals surface area contributed by atoms with E-state index in [2.05, 4.69) is 21.3 Å². The third-order valence-corrected chi connectivity index (χ3v) is 3.92. The minimum Gasteiger partial charge on any atom is -0.337 e. The van der Waals surface area contributed by atoms with Crippen LogP contribution in [0.2, 0.25) is 0 Å². The molecule has 0 aliphatic rings. The molecule has 0 bridgehead atoms. The molecule has 4 N–H and O–H groups in total. The number of urea groups is 2. The molecule has 2 aromatic rings. The van der Waals surface area contributed by atoms with Crippen molar-refractivity contribution in [2.75, 3.05) is 35.5 Å². The molecule has 0 unspecified atom stereocenters. The van der Waals surface area contributed by atoms with Gasteiger partial charge in [-0.25, -0.2) is 9.59 Å². The third-order valence-electron chi connectivity index (χ3n) is 3.54. The van der Waals surface area contributed by atoms with E-state index in [0.717, 1.165) is 11.1 Å². The average molecular weight is 409 g/mol. The lowest BCUT2D eigenvalue weighted by Crippen LogP contribution is -2.30. The van der Waals surface area contributed by atoms with Gasteiger partial charge in [-0.2, -0.15) is 0 Å². The number of carbonyl (C=O) groups is 2. The molecule has 6 nitrogen and oxygen atoms in total. The molecule has 144 valence electrons. The Morgan fingerprint density at radius 1 is 0.741 bits per heavy atom. The van der Waals surface area contributed by atoms with Gasteiger partial charge in [0.1, 0.15) is 0 Å². The molecule has 8 heteroatoms. The maximum atomic E-state index is 11.7. The van der Waals surface area contributed by atoms with Crippen molar-refractivity contribution in [3.63, 3.8) is 0 Å². The first-order valence-electron chi connectivity index (χ1n) is 8.50. The van der Waals surface area contributed by atoms with Crippen molar-refractivity contribution in [2.24, 2.45) is 0 Å². The molecule has 4 amide bonds. The number of nitrogens with one attached hydrogen (secondary N) is 4. The highest BCUT2D eigenvalue weighted by molar-refractivity contribution is 6.18. The van der Waals surface area contributed by atoms with Crippen LogP contribution < -0.4 is 21.3 Å². The number of benzene rings is 2. The summed E-state index contributed by atoms with van der Waals surface area (Å²) in [6.07, 6.45) is 0.664. The Balaban J connectivity index is 1.98. The van der Waals surface area contributed by atoms with Crippen molar-refractivity contribution < 1.29 is 9.59 Å². The van der Waals surface area contributed by atoms with E-state index in [9.17, 15) is 9.59 Å². The van der Waals surface area contributed by atoms with Gasteiger partial charge in [-0.3, -0.25) is 0 Å². The molecule has 0 atom stereocenters. The van der Waals surface area contributed by atoms with E-state index >= 15 is 0 Å². The molecule has 0 radical (unpaired) electrons. The van der Waals surface area contributed by atoms with Gasteiger partial charge in [0.2, 0.25) is 0 Å². The largest absolute Gasteiger partial charge is 0.337 e. The zero-order valence-electron chi connectivity index (χ0n) is 14.7. The smallest absolute Gasteiger partial charge is 0.319 e. The Morgan fingerprint density at radius 3 is 1.59 bits per heavy atom. The third kappa shape index (κ3) is 7.76. The van der Waals surface area contributed by atoms with Crippen molar-refractivity contribution in [1.29, 1.82) is 0 Å². The first-order chi connectivity index (χ1) is 13.1. The Labute approximate surface area is 168 Å². The summed E-state index contributed by atoms with van der Waals surface area (Å²) in [5.41, 5.74) is 3.48. The Hall–Kier alpha value is -2.44. The van der Waals surface area contributed by atoms with E-state index in [0.29, 0.717) is 42.6 Å².